The number of ether oxygens (including phenoxy) is 1. The van der Waals surface area contributed by atoms with E-state index in [0.717, 1.165) is 5.56 Å². The van der Waals surface area contributed by atoms with E-state index in [9.17, 15) is 17.6 Å². The molecule has 1 fully saturated rings. The molecule has 0 bridgehead atoms. The van der Waals surface area contributed by atoms with Crippen molar-refractivity contribution in [3.63, 3.8) is 0 Å². The fourth-order valence-corrected chi connectivity index (χ4v) is 5.23. The Morgan fingerprint density at radius 1 is 1.30 bits per heavy atom. The molecule has 0 aromatic heterocycles. The Kier molecular flexibility index (Phi) is 7.00. The molecule has 1 aliphatic heterocycles. The van der Waals surface area contributed by atoms with Gasteiger partial charge in [-0.3, -0.25) is 4.79 Å². The van der Waals surface area contributed by atoms with E-state index in [1.807, 2.05) is 6.92 Å². The molecule has 1 saturated heterocycles. The number of nitrogens with one attached hydrogen (secondary N) is 1. The summed E-state index contributed by atoms with van der Waals surface area (Å²) in [5.41, 5.74) is 1.10. The molecule has 9 heteroatoms. The van der Waals surface area contributed by atoms with Crippen LogP contribution < -0.4 is 10.1 Å². The third-order valence-electron chi connectivity index (χ3n) is 5.03. The van der Waals surface area contributed by atoms with Gasteiger partial charge in [-0.1, -0.05) is 11.6 Å². The van der Waals surface area contributed by atoms with Gasteiger partial charge >= 0.3 is 0 Å². The highest BCUT2D eigenvalue weighted by Gasteiger charge is 2.33. The third kappa shape index (κ3) is 4.94. The first-order chi connectivity index (χ1) is 14.2. The number of amides is 1. The number of rotatable bonds is 6. The Morgan fingerprint density at radius 2 is 2.07 bits per heavy atom. The molecular weight excluding hydrogens is 431 g/mol. The van der Waals surface area contributed by atoms with Gasteiger partial charge in [-0.25, -0.2) is 12.8 Å². The number of hydrogen-bond donors (Lipinski definition) is 1. The fraction of sp³-hybridized carbons (Fsp3) is 0.381. The van der Waals surface area contributed by atoms with Gasteiger partial charge in [0.25, 0.3) is 0 Å². The molecule has 1 amide bonds. The zero-order valence-corrected chi connectivity index (χ0v) is 18.4. The number of piperidine rings is 1. The van der Waals surface area contributed by atoms with Gasteiger partial charge in [-0.2, -0.15) is 4.31 Å². The van der Waals surface area contributed by atoms with E-state index in [1.54, 1.807) is 19.1 Å². The third-order valence-corrected chi connectivity index (χ3v) is 7.18. The van der Waals surface area contributed by atoms with Crippen LogP contribution in [-0.2, 0) is 14.8 Å². The quantitative estimate of drug-likeness (QED) is 0.708. The standard InChI is InChI=1S/C21H24ClFN2O4S/c1-3-29-20-9-7-17(11-14(20)2)30(27,28)25-10-4-5-15(13-25)21(26)24-16-6-8-19(23)18(22)12-16/h6-9,11-12,15H,3-5,10,13H2,1-2H3,(H,24,26)/t15-/m0/s1. The summed E-state index contributed by atoms with van der Waals surface area (Å²) in [6.07, 6.45) is 1.13. The molecule has 0 aliphatic carbocycles. The summed E-state index contributed by atoms with van der Waals surface area (Å²) in [7, 11) is -3.74. The van der Waals surface area contributed by atoms with Gasteiger partial charge in [0.05, 0.1) is 22.4 Å². The Labute approximate surface area is 181 Å². The van der Waals surface area contributed by atoms with Crippen molar-refractivity contribution in [1.29, 1.82) is 0 Å². The Morgan fingerprint density at radius 3 is 2.73 bits per heavy atom. The van der Waals surface area contributed by atoms with E-state index < -0.39 is 21.8 Å². The van der Waals surface area contributed by atoms with Gasteiger partial charge in [0, 0.05) is 18.8 Å². The molecule has 3 rings (SSSR count). The number of carbonyl (C=O) groups is 1. The van der Waals surface area contributed by atoms with Gasteiger partial charge in [-0.15, -0.1) is 0 Å². The van der Waals surface area contributed by atoms with E-state index in [2.05, 4.69) is 5.32 Å². The Hall–Kier alpha value is -2.16. The molecule has 0 radical (unpaired) electrons. The van der Waals surface area contributed by atoms with Crippen molar-refractivity contribution in [3.05, 3.63) is 52.8 Å². The summed E-state index contributed by atoms with van der Waals surface area (Å²) >= 11 is 5.75. The molecule has 30 heavy (non-hydrogen) atoms. The molecular formula is C21H24ClFN2O4S. The van der Waals surface area contributed by atoms with E-state index in [4.69, 9.17) is 16.3 Å². The second-order valence-corrected chi connectivity index (χ2v) is 9.53. The van der Waals surface area contributed by atoms with Crippen LogP contribution in [0.25, 0.3) is 0 Å². The van der Waals surface area contributed by atoms with E-state index in [0.29, 0.717) is 37.4 Å². The lowest BCUT2D eigenvalue weighted by molar-refractivity contribution is -0.120. The molecule has 2 aromatic rings. The van der Waals surface area contributed by atoms with Gasteiger partial charge in [0.2, 0.25) is 15.9 Å². The summed E-state index contributed by atoms with van der Waals surface area (Å²) in [6.45, 7) is 4.58. The monoisotopic (exact) mass is 454 g/mol. The first kappa shape index (κ1) is 22.5. The smallest absolute Gasteiger partial charge is 0.243 e. The number of hydrogen-bond acceptors (Lipinski definition) is 4. The van der Waals surface area contributed by atoms with Crippen LogP contribution in [0, 0.1) is 18.7 Å². The molecule has 162 valence electrons. The number of carbonyl (C=O) groups excluding carboxylic acids is 1. The summed E-state index contributed by atoms with van der Waals surface area (Å²) < 4.78 is 46.3. The van der Waals surface area contributed by atoms with Crippen molar-refractivity contribution >= 4 is 33.2 Å². The highest BCUT2D eigenvalue weighted by atomic mass is 35.5. The SMILES string of the molecule is CCOc1ccc(S(=O)(=O)N2CCC[C@H](C(=O)Nc3ccc(F)c(Cl)c3)C2)cc1C. The Bertz CT molecular complexity index is 1050. The largest absolute Gasteiger partial charge is 0.494 e. The average Bonchev–Trinajstić information content (AvgIpc) is 2.72. The van der Waals surface area contributed by atoms with Gasteiger partial charge < -0.3 is 10.1 Å². The Balaban J connectivity index is 1.73. The van der Waals surface area contributed by atoms with Crippen molar-refractivity contribution in [1.82, 2.24) is 4.31 Å². The second-order valence-electron chi connectivity index (χ2n) is 7.18. The molecule has 0 saturated carbocycles. The van der Waals surface area contributed by atoms with Crippen molar-refractivity contribution in [2.24, 2.45) is 5.92 Å². The minimum atomic E-state index is -3.74. The number of nitrogens with zero attached hydrogens (tertiary/aromatic N) is 1. The molecule has 1 aliphatic rings. The maximum Gasteiger partial charge on any atom is 0.243 e. The molecule has 1 heterocycles. The zero-order chi connectivity index (χ0) is 21.9. The molecule has 1 N–H and O–H groups in total. The molecule has 6 nitrogen and oxygen atoms in total. The van der Waals surface area contributed by atoms with E-state index >= 15 is 0 Å². The molecule has 2 aromatic carbocycles. The maximum atomic E-state index is 13.3. The highest BCUT2D eigenvalue weighted by Crippen LogP contribution is 2.28. The lowest BCUT2D eigenvalue weighted by Crippen LogP contribution is -2.43. The number of benzene rings is 2. The second kappa shape index (κ2) is 9.32. The zero-order valence-electron chi connectivity index (χ0n) is 16.8. The van der Waals surface area contributed by atoms with Crippen LogP contribution >= 0.6 is 11.6 Å². The van der Waals surface area contributed by atoms with Crippen LogP contribution in [-0.4, -0.2) is 38.3 Å². The van der Waals surface area contributed by atoms with E-state index in [-0.39, 0.29) is 22.4 Å². The molecule has 0 spiro atoms. The number of sulfonamides is 1. The number of anilines is 1. The first-order valence-corrected chi connectivity index (χ1v) is 11.5. The highest BCUT2D eigenvalue weighted by molar-refractivity contribution is 7.89. The van der Waals surface area contributed by atoms with Crippen LogP contribution in [0.3, 0.4) is 0 Å². The van der Waals surface area contributed by atoms with Crippen LogP contribution in [0.1, 0.15) is 25.3 Å². The molecule has 0 unspecified atom stereocenters. The van der Waals surface area contributed by atoms with E-state index in [1.165, 1.54) is 28.6 Å². The van der Waals surface area contributed by atoms with Crippen LogP contribution in [0.2, 0.25) is 5.02 Å². The number of halogens is 2. The van der Waals surface area contributed by atoms with Crippen LogP contribution in [0.5, 0.6) is 5.75 Å². The summed E-state index contributed by atoms with van der Waals surface area (Å²) in [5.74, 6) is -0.762. The van der Waals surface area contributed by atoms with Gasteiger partial charge in [0.15, 0.2) is 0 Å². The summed E-state index contributed by atoms with van der Waals surface area (Å²) in [5, 5.41) is 2.60. The minimum absolute atomic E-state index is 0.0787. The summed E-state index contributed by atoms with van der Waals surface area (Å²) in [4.78, 5) is 12.8. The number of aryl methyl sites for hydroxylation is 1. The lowest BCUT2D eigenvalue weighted by atomic mass is 9.99. The van der Waals surface area contributed by atoms with Gasteiger partial charge in [0.1, 0.15) is 11.6 Å². The van der Waals surface area contributed by atoms with Crippen molar-refractivity contribution in [2.45, 2.75) is 31.6 Å². The fourth-order valence-electron chi connectivity index (χ4n) is 3.44. The van der Waals surface area contributed by atoms with Crippen LogP contribution in [0.15, 0.2) is 41.3 Å². The van der Waals surface area contributed by atoms with Crippen molar-refractivity contribution in [2.75, 3.05) is 25.0 Å². The van der Waals surface area contributed by atoms with Crippen LogP contribution in [0.4, 0.5) is 10.1 Å². The predicted molar refractivity (Wildman–Crippen MR) is 114 cm³/mol. The predicted octanol–water partition coefficient (Wildman–Crippen LogP) is 4.23. The normalized spacial score (nSPS) is 17.5. The average molecular weight is 455 g/mol. The first-order valence-electron chi connectivity index (χ1n) is 9.72. The van der Waals surface area contributed by atoms with Gasteiger partial charge in [-0.05, 0) is 68.7 Å². The summed E-state index contributed by atoms with van der Waals surface area (Å²) in [6, 6.07) is 8.68. The van der Waals surface area contributed by atoms with Crippen molar-refractivity contribution in [3.8, 4) is 5.75 Å². The minimum Gasteiger partial charge on any atom is -0.494 e. The topological polar surface area (TPSA) is 75.7 Å². The molecule has 1 atom stereocenters. The van der Waals surface area contributed by atoms with Crippen molar-refractivity contribution < 1.29 is 22.3 Å². The lowest BCUT2D eigenvalue weighted by Gasteiger charge is -2.31. The maximum absolute atomic E-state index is 13.3.